The van der Waals surface area contributed by atoms with Crippen LogP contribution in [0.1, 0.15) is 18.1 Å². The quantitative estimate of drug-likeness (QED) is 0.413. The normalized spacial score (nSPS) is 12.0. The van der Waals surface area contributed by atoms with Crippen LogP contribution in [0.3, 0.4) is 0 Å². The molecule has 10 heteroatoms. The zero-order valence-corrected chi connectivity index (χ0v) is 22.5. The van der Waals surface area contributed by atoms with Crippen molar-refractivity contribution in [2.75, 3.05) is 17.9 Å². The minimum absolute atomic E-state index is 0.0102. The van der Waals surface area contributed by atoms with Crippen molar-refractivity contribution in [1.29, 1.82) is 0 Å². The lowest BCUT2D eigenvalue weighted by Gasteiger charge is -2.31. The third-order valence-corrected chi connectivity index (χ3v) is 8.00. The number of halogens is 2. The van der Waals surface area contributed by atoms with E-state index in [1.165, 1.54) is 36.2 Å². The van der Waals surface area contributed by atoms with Gasteiger partial charge in [-0.1, -0.05) is 45.8 Å². The molecular weight excluding hydrogens is 549 g/mol. The van der Waals surface area contributed by atoms with Crippen LogP contribution in [0, 0.1) is 12.7 Å². The van der Waals surface area contributed by atoms with E-state index in [9.17, 15) is 22.4 Å². The summed E-state index contributed by atoms with van der Waals surface area (Å²) in [7, 11) is -2.72. The number of sulfonamides is 1. The molecule has 0 saturated heterocycles. The van der Waals surface area contributed by atoms with E-state index in [1.807, 2.05) is 31.2 Å². The molecule has 0 unspecified atom stereocenters. The minimum atomic E-state index is -4.19. The monoisotopic (exact) mass is 575 g/mol. The number of carbonyl (C=O) groups is 2. The lowest BCUT2D eigenvalue weighted by atomic mass is 10.1. The number of nitrogens with zero attached hydrogens (tertiary/aromatic N) is 2. The molecule has 0 heterocycles. The van der Waals surface area contributed by atoms with E-state index in [1.54, 1.807) is 19.1 Å². The van der Waals surface area contributed by atoms with Gasteiger partial charge in [0.2, 0.25) is 11.8 Å². The fraction of sp³-hybridized carbons (Fsp3) is 0.231. The fourth-order valence-corrected chi connectivity index (χ4v) is 5.23. The maximum absolute atomic E-state index is 13.6. The van der Waals surface area contributed by atoms with Crippen molar-refractivity contribution in [3.63, 3.8) is 0 Å². The van der Waals surface area contributed by atoms with Crippen LogP contribution < -0.4 is 9.62 Å². The summed E-state index contributed by atoms with van der Waals surface area (Å²) in [5, 5.41) is 2.53. The Morgan fingerprint density at radius 2 is 1.56 bits per heavy atom. The number of carbonyl (C=O) groups excluding carboxylic acids is 2. The molecule has 0 radical (unpaired) electrons. The SMILES string of the molecule is CNC(=O)[C@H](C)N(Cc1ccc(Br)cc1)C(=O)CN(c1ccc(F)cc1)S(=O)(=O)c1ccc(C)cc1. The van der Waals surface area contributed by atoms with Crippen molar-refractivity contribution in [3.05, 3.63) is 94.2 Å². The van der Waals surface area contributed by atoms with Gasteiger partial charge in [0.1, 0.15) is 18.4 Å². The number of nitrogens with one attached hydrogen (secondary N) is 1. The molecule has 3 aromatic carbocycles. The molecule has 0 saturated carbocycles. The van der Waals surface area contributed by atoms with Gasteiger partial charge in [0.25, 0.3) is 10.0 Å². The summed E-state index contributed by atoms with van der Waals surface area (Å²) in [6, 6.07) is 17.5. The van der Waals surface area contributed by atoms with Gasteiger partial charge in [-0.15, -0.1) is 0 Å². The average molecular weight is 576 g/mol. The molecule has 36 heavy (non-hydrogen) atoms. The Hall–Kier alpha value is -3.24. The molecule has 2 amide bonds. The second kappa shape index (κ2) is 11.7. The van der Waals surface area contributed by atoms with Crippen LogP contribution in [0.15, 0.2) is 82.2 Å². The van der Waals surface area contributed by atoms with Gasteiger partial charge >= 0.3 is 0 Å². The van der Waals surface area contributed by atoms with Gasteiger partial charge in [-0.05, 0) is 67.9 Å². The summed E-state index contributed by atoms with van der Waals surface area (Å²) in [4.78, 5) is 27.4. The molecule has 0 aromatic heterocycles. The van der Waals surface area contributed by atoms with Gasteiger partial charge in [0.15, 0.2) is 0 Å². The smallest absolute Gasteiger partial charge is 0.264 e. The van der Waals surface area contributed by atoms with E-state index in [-0.39, 0.29) is 17.1 Å². The van der Waals surface area contributed by atoms with Crippen molar-refractivity contribution >= 4 is 43.5 Å². The second-order valence-electron chi connectivity index (χ2n) is 8.24. The number of anilines is 1. The zero-order valence-electron chi connectivity index (χ0n) is 20.1. The first kappa shape index (κ1) is 27.3. The zero-order chi connectivity index (χ0) is 26.5. The molecular formula is C26H27BrFN3O4S. The van der Waals surface area contributed by atoms with E-state index in [2.05, 4.69) is 21.2 Å². The van der Waals surface area contributed by atoms with Crippen LogP contribution in [0.4, 0.5) is 10.1 Å². The third kappa shape index (κ3) is 6.50. The van der Waals surface area contributed by atoms with Gasteiger partial charge in [0, 0.05) is 18.1 Å². The third-order valence-electron chi connectivity index (χ3n) is 5.68. The summed E-state index contributed by atoms with van der Waals surface area (Å²) in [5.41, 5.74) is 1.76. The first-order valence-electron chi connectivity index (χ1n) is 11.1. The van der Waals surface area contributed by atoms with Crippen LogP contribution in [0.2, 0.25) is 0 Å². The van der Waals surface area contributed by atoms with Crippen LogP contribution in [-0.2, 0) is 26.2 Å². The number of rotatable bonds is 9. The van der Waals surface area contributed by atoms with Crippen LogP contribution >= 0.6 is 15.9 Å². The molecule has 190 valence electrons. The highest BCUT2D eigenvalue weighted by atomic mass is 79.9. The topological polar surface area (TPSA) is 86.8 Å². The van der Waals surface area contributed by atoms with Crippen molar-refractivity contribution in [2.24, 2.45) is 0 Å². The van der Waals surface area contributed by atoms with Crippen LogP contribution in [0.5, 0.6) is 0 Å². The Labute approximate surface area is 219 Å². The average Bonchev–Trinajstić information content (AvgIpc) is 2.86. The van der Waals surface area contributed by atoms with E-state index in [4.69, 9.17) is 0 Å². The fourth-order valence-electron chi connectivity index (χ4n) is 3.55. The minimum Gasteiger partial charge on any atom is -0.357 e. The van der Waals surface area contributed by atoms with Gasteiger partial charge in [-0.2, -0.15) is 0 Å². The second-order valence-corrected chi connectivity index (χ2v) is 11.0. The highest BCUT2D eigenvalue weighted by molar-refractivity contribution is 9.10. The molecule has 3 rings (SSSR count). The highest BCUT2D eigenvalue weighted by Gasteiger charge is 2.32. The van der Waals surface area contributed by atoms with Crippen molar-refractivity contribution in [2.45, 2.75) is 31.3 Å². The van der Waals surface area contributed by atoms with E-state index < -0.39 is 40.2 Å². The maximum atomic E-state index is 13.6. The van der Waals surface area contributed by atoms with E-state index in [0.717, 1.165) is 32.0 Å². The number of aryl methyl sites for hydroxylation is 1. The largest absolute Gasteiger partial charge is 0.357 e. The summed E-state index contributed by atoms with van der Waals surface area (Å²) < 4.78 is 42.6. The molecule has 1 atom stereocenters. The molecule has 7 nitrogen and oxygen atoms in total. The molecule has 3 aromatic rings. The highest BCUT2D eigenvalue weighted by Crippen LogP contribution is 2.25. The van der Waals surface area contributed by atoms with Crippen molar-refractivity contribution in [1.82, 2.24) is 10.2 Å². The van der Waals surface area contributed by atoms with Gasteiger partial charge in [-0.3, -0.25) is 13.9 Å². The van der Waals surface area contributed by atoms with Crippen LogP contribution in [0.25, 0.3) is 0 Å². The summed E-state index contributed by atoms with van der Waals surface area (Å²) >= 11 is 3.37. The Morgan fingerprint density at radius 3 is 2.11 bits per heavy atom. The summed E-state index contributed by atoms with van der Waals surface area (Å²) in [6.07, 6.45) is 0. The Balaban J connectivity index is 2.01. The molecule has 0 aliphatic rings. The maximum Gasteiger partial charge on any atom is 0.264 e. The number of hydrogen-bond acceptors (Lipinski definition) is 4. The Bertz CT molecular complexity index is 1310. The molecule has 0 aliphatic carbocycles. The first-order valence-corrected chi connectivity index (χ1v) is 13.4. The number of likely N-dealkylation sites (N-methyl/N-ethyl adjacent to an activating group) is 1. The first-order chi connectivity index (χ1) is 17.0. The summed E-state index contributed by atoms with van der Waals surface area (Å²) in [6.45, 7) is 2.91. The standard InChI is InChI=1S/C26H27BrFN3O4S/c1-18-4-14-24(15-5-18)36(34,35)31(23-12-10-22(28)11-13-23)17-25(32)30(19(2)26(33)29-3)16-20-6-8-21(27)9-7-20/h4-15,19H,16-17H2,1-3H3,(H,29,33)/t19-/m0/s1. The molecule has 0 bridgehead atoms. The van der Waals surface area contributed by atoms with Crippen molar-refractivity contribution < 1.29 is 22.4 Å². The van der Waals surface area contributed by atoms with Crippen molar-refractivity contribution in [3.8, 4) is 0 Å². The molecule has 0 spiro atoms. The van der Waals surface area contributed by atoms with E-state index in [0.29, 0.717) is 0 Å². The van der Waals surface area contributed by atoms with Gasteiger partial charge in [0.05, 0.1) is 10.6 Å². The Morgan fingerprint density at radius 1 is 0.972 bits per heavy atom. The predicted molar refractivity (Wildman–Crippen MR) is 140 cm³/mol. The Kier molecular flexibility index (Phi) is 8.86. The number of hydrogen-bond donors (Lipinski definition) is 1. The number of amides is 2. The van der Waals surface area contributed by atoms with E-state index >= 15 is 0 Å². The summed E-state index contributed by atoms with van der Waals surface area (Å²) in [5.74, 6) is -1.52. The van der Waals surface area contributed by atoms with Gasteiger partial charge in [-0.25, -0.2) is 12.8 Å². The van der Waals surface area contributed by atoms with Gasteiger partial charge < -0.3 is 10.2 Å². The van der Waals surface area contributed by atoms with Crippen LogP contribution in [-0.4, -0.2) is 44.8 Å². The molecule has 0 aliphatic heterocycles. The molecule has 1 N–H and O–H groups in total. The lowest BCUT2D eigenvalue weighted by molar-refractivity contribution is -0.139. The lowest BCUT2D eigenvalue weighted by Crippen LogP contribution is -2.50. The number of benzene rings is 3. The molecule has 0 fully saturated rings. The predicted octanol–water partition coefficient (Wildman–Crippen LogP) is 4.26.